The van der Waals surface area contributed by atoms with Crippen LogP contribution in [0.25, 0.3) is 0 Å². The Hall–Kier alpha value is -0.715. The molecule has 0 saturated carbocycles. The van der Waals surface area contributed by atoms with Gasteiger partial charge in [-0.1, -0.05) is 0 Å². The summed E-state index contributed by atoms with van der Waals surface area (Å²) in [5.41, 5.74) is 0. The number of halogens is 3. The molecule has 0 aliphatic heterocycles. The highest BCUT2D eigenvalue weighted by Gasteiger charge is 2.25. The second-order valence-electron chi connectivity index (χ2n) is 2.86. The monoisotopic (exact) mass is 197 g/mol. The highest BCUT2D eigenvalue weighted by molar-refractivity contribution is 6.58. The van der Waals surface area contributed by atoms with Crippen molar-refractivity contribution < 1.29 is 17.7 Å². The Balaban J connectivity index is 3.74. The molecule has 0 fully saturated rings. The van der Waals surface area contributed by atoms with Crippen molar-refractivity contribution in [2.75, 3.05) is 26.6 Å². The lowest BCUT2D eigenvalue weighted by Gasteiger charge is -2.22. The Kier molecular flexibility index (Phi) is 4.83. The van der Waals surface area contributed by atoms with Crippen molar-refractivity contribution in [3.8, 4) is 0 Å². The first-order chi connectivity index (χ1) is 5.85. The fourth-order valence-electron chi connectivity index (χ4n) is 0.916. The molecular formula is C6H13BF3N2O-. The topological polar surface area (TPSA) is 32.3 Å². The summed E-state index contributed by atoms with van der Waals surface area (Å²) < 4.78 is 35.5. The van der Waals surface area contributed by atoms with Crippen LogP contribution in [0, 0.1) is 0 Å². The summed E-state index contributed by atoms with van der Waals surface area (Å²) in [6, 6.07) is 0. The predicted molar refractivity (Wildman–Crippen MR) is 45.3 cm³/mol. The maximum absolute atomic E-state index is 11.8. The van der Waals surface area contributed by atoms with Crippen molar-refractivity contribution in [3.63, 3.8) is 0 Å². The highest BCUT2D eigenvalue weighted by atomic mass is 19.4. The van der Waals surface area contributed by atoms with Crippen molar-refractivity contribution >= 4 is 12.9 Å². The fourth-order valence-corrected chi connectivity index (χ4v) is 0.916. The van der Waals surface area contributed by atoms with E-state index in [2.05, 4.69) is 5.32 Å². The van der Waals surface area contributed by atoms with E-state index in [4.69, 9.17) is 0 Å². The molecule has 1 N–H and O–H groups in total. The summed E-state index contributed by atoms with van der Waals surface area (Å²) >= 11 is 0. The molecule has 0 spiro atoms. The van der Waals surface area contributed by atoms with Crippen LogP contribution in [0.2, 0.25) is 0 Å². The normalized spacial score (nSPS) is 11.8. The SMILES string of the molecule is CCNC(=O)CN(C)C[B-](F)(F)F. The average Bonchev–Trinajstić information content (AvgIpc) is 1.81. The number of likely N-dealkylation sites (N-methyl/N-ethyl adjacent to an activating group) is 2. The van der Waals surface area contributed by atoms with E-state index in [-0.39, 0.29) is 12.5 Å². The molecule has 1 amide bonds. The minimum absolute atomic E-state index is 0.213. The summed E-state index contributed by atoms with van der Waals surface area (Å²) in [6.07, 6.45) is -1.00. The Morgan fingerprint density at radius 3 is 2.38 bits per heavy atom. The van der Waals surface area contributed by atoms with Gasteiger partial charge in [0.25, 0.3) is 0 Å². The molecule has 0 heterocycles. The van der Waals surface area contributed by atoms with E-state index >= 15 is 0 Å². The number of rotatable bonds is 5. The molecule has 0 saturated heterocycles. The van der Waals surface area contributed by atoms with Crippen LogP contribution in [0.4, 0.5) is 12.9 Å². The molecule has 13 heavy (non-hydrogen) atoms. The molecular weight excluding hydrogens is 184 g/mol. The Bertz CT molecular complexity index is 174. The molecule has 78 valence electrons. The molecule has 0 aromatic heterocycles. The number of nitrogens with zero attached hydrogens (tertiary/aromatic N) is 1. The van der Waals surface area contributed by atoms with Gasteiger partial charge in [0.15, 0.2) is 0 Å². The summed E-state index contributed by atoms with van der Waals surface area (Å²) in [5, 5.41) is 2.42. The van der Waals surface area contributed by atoms with Gasteiger partial charge in [-0.3, -0.25) is 4.79 Å². The summed E-state index contributed by atoms with van der Waals surface area (Å²) in [6.45, 7) is -2.91. The van der Waals surface area contributed by atoms with Crippen LogP contribution < -0.4 is 5.32 Å². The third-order valence-electron chi connectivity index (χ3n) is 1.31. The first-order valence-electron chi connectivity index (χ1n) is 4.01. The fraction of sp³-hybridized carbons (Fsp3) is 0.833. The molecule has 0 atom stereocenters. The van der Waals surface area contributed by atoms with Crippen LogP contribution >= 0.6 is 0 Å². The molecule has 3 nitrogen and oxygen atoms in total. The van der Waals surface area contributed by atoms with Crippen LogP contribution in [0.15, 0.2) is 0 Å². The smallest absolute Gasteiger partial charge is 0.448 e. The van der Waals surface area contributed by atoms with Gasteiger partial charge in [0.1, 0.15) is 0 Å². The van der Waals surface area contributed by atoms with Crippen LogP contribution in [0.3, 0.4) is 0 Å². The molecule has 0 bridgehead atoms. The Morgan fingerprint density at radius 2 is 2.00 bits per heavy atom. The van der Waals surface area contributed by atoms with Crippen LogP contribution in [0.1, 0.15) is 6.92 Å². The van der Waals surface area contributed by atoms with Crippen LogP contribution in [-0.2, 0) is 4.79 Å². The molecule has 0 aromatic rings. The molecule has 0 aliphatic carbocycles. The van der Waals surface area contributed by atoms with E-state index in [0.29, 0.717) is 6.54 Å². The zero-order valence-electron chi connectivity index (χ0n) is 7.69. The van der Waals surface area contributed by atoms with Gasteiger partial charge in [-0.2, -0.15) is 0 Å². The number of carbonyl (C=O) groups excluding carboxylic acids is 1. The van der Waals surface area contributed by atoms with Gasteiger partial charge in [-0.05, 0) is 20.4 Å². The number of nitrogens with one attached hydrogen (secondary N) is 1. The van der Waals surface area contributed by atoms with E-state index in [1.54, 1.807) is 6.92 Å². The molecule has 0 radical (unpaired) electrons. The maximum Gasteiger partial charge on any atom is 0.492 e. The van der Waals surface area contributed by atoms with Gasteiger partial charge in [0.05, 0.1) is 6.54 Å². The van der Waals surface area contributed by atoms with Crippen molar-refractivity contribution in [3.05, 3.63) is 0 Å². The van der Waals surface area contributed by atoms with Gasteiger partial charge in [-0.15, -0.1) is 0 Å². The molecule has 0 rings (SSSR count). The first-order valence-corrected chi connectivity index (χ1v) is 4.01. The summed E-state index contributed by atoms with van der Waals surface area (Å²) in [5.74, 6) is -0.384. The zero-order chi connectivity index (χ0) is 10.5. The third-order valence-corrected chi connectivity index (χ3v) is 1.31. The largest absolute Gasteiger partial charge is 0.492 e. The lowest BCUT2D eigenvalue weighted by Crippen LogP contribution is -2.41. The van der Waals surface area contributed by atoms with E-state index in [9.17, 15) is 17.7 Å². The van der Waals surface area contributed by atoms with Gasteiger partial charge in [0.2, 0.25) is 5.91 Å². The minimum atomic E-state index is -4.84. The number of amides is 1. The van der Waals surface area contributed by atoms with Crippen LogP contribution in [0.5, 0.6) is 0 Å². The molecule has 0 aliphatic rings. The van der Waals surface area contributed by atoms with E-state index in [1.807, 2.05) is 0 Å². The number of hydrogen-bond donors (Lipinski definition) is 1. The van der Waals surface area contributed by atoms with Crippen molar-refractivity contribution in [2.45, 2.75) is 6.92 Å². The second-order valence-corrected chi connectivity index (χ2v) is 2.86. The van der Waals surface area contributed by atoms with E-state index < -0.39 is 13.4 Å². The maximum atomic E-state index is 11.8. The van der Waals surface area contributed by atoms with E-state index in [0.717, 1.165) is 4.90 Å². The van der Waals surface area contributed by atoms with E-state index in [1.165, 1.54) is 7.05 Å². The summed E-state index contributed by atoms with van der Waals surface area (Å²) in [4.78, 5) is 11.8. The number of carbonyl (C=O) groups is 1. The van der Waals surface area contributed by atoms with Crippen molar-refractivity contribution in [2.24, 2.45) is 0 Å². The quantitative estimate of drug-likeness (QED) is 0.648. The van der Waals surface area contributed by atoms with Gasteiger partial charge < -0.3 is 23.2 Å². The third kappa shape index (κ3) is 7.64. The second kappa shape index (κ2) is 5.11. The van der Waals surface area contributed by atoms with Crippen molar-refractivity contribution in [1.82, 2.24) is 10.2 Å². The lowest BCUT2D eigenvalue weighted by atomic mass is 9.91. The molecule has 0 unspecified atom stereocenters. The van der Waals surface area contributed by atoms with Gasteiger partial charge >= 0.3 is 6.98 Å². The van der Waals surface area contributed by atoms with Crippen molar-refractivity contribution in [1.29, 1.82) is 0 Å². The molecule has 7 heteroatoms. The van der Waals surface area contributed by atoms with Gasteiger partial charge in [-0.25, -0.2) is 0 Å². The zero-order valence-corrected chi connectivity index (χ0v) is 7.69. The number of hydrogen-bond acceptors (Lipinski definition) is 2. The highest BCUT2D eigenvalue weighted by Crippen LogP contribution is 2.08. The standard InChI is InChI=1S/C6H13BF3N2O/c1-3-11-6(13)4-12(2)5-7(8,9)10/h3-5H2,1-2H3,(H,11,13)/q-1. The Labute approximate surface area is 75.3 Å². The minimum Gasteiger partial charge on any atom is -0.448 e. The Morgan fingerprint density at radius 1 is 1.46 bits per heavy atom. The van der Waals surface area contributed by atoms with Crippen LogP contribution in [-0.4, -0.2) is 44.4 Å². The average molecular weight is 197 g/mol. The molecule has 0 aromatic carbocycles. The summed E-state index contributed by atoms with van der Waals surface area (Å²) in [7, 11) is 1.27. The first kappa shape index (κ1) is 12.3. The lowest BCUT2D eigenvalue weighted by molar-refractivity contribution is -0.121. The predicted octanol–water partition coefficient (Wildman–Crippen LogP) is 0.441. The van der Waals surface area contributed by atoms with Gasteiger partial charge in [0, 0.05) is 6.54 Å².